The van der Waals surface area contributed by atoms with E-state index in [2.05, 4.69) is 15.7 Å². The molecule has 0 fully saturated rings. The first-order valence-electron chi connectivity index (χ1n) is 8.20. The first-order chi connectivity index (χ1) is 13.2. The van der Waals surface area contributed by atoms with E-state index in [9.17, 15) is 8.42 Å². The van der Waals surface area contributed by atoms with Crippen LogP contribution in [0.5, 0.6) is 0 Å². The van der Waals surface area contributed by atoms with Gasteiger partial charge in [-0.2, -0.15) is 5.10 Å². The van der Waals surface area contributed by atoms with Crippen LogP contribution >= 0.6 is 23.8 Å². The number of thiocarbonyl (C=S) groups is 1. The number of sulfonamides is 1. The number of nitrogens with zero attached hydrogens (tertiary/aromatic N) is 2. The maximum absolute atomic E-state index is 11.3. The lowest BCUT2D eigenvalue weighted by molar-refractivity contribution is 0.598. The van der Waals surface area contributed by atoms with Crippen molar-refractivity contribution >= 4 is 50.5 Å². The number of aryl methyl sites for hydroxylation is 1. The van der Waals surface area contributed by atoms with E-state index in [1.165, 1.54) is 12.1 Å². The molecule has 1 aromatic heterocycles. The topological polar surface area (TPSA) is 102 Å². The molecule has 4 N–H and O–H groups in total. The van der Waals surface area contributed by atoms with Crippen molar-refractivity contribution in [2.24, 2.45) is 5.14 Å². The lowest BCUT2D eigenvalue weighted by atomic mass is 10.2. The molecule has 0 saturated carbocycles. The molecule has 2 aromatic carbocycles. The van der Waals surface area contributed by atoms with Crippen LogP contribution in [-0.2, 0) is 16.6 Å². The Morgan fingerprint density at radius 1 is 1.14 bits per heavy atom. The Kier molecular flexibility index (Phi) is 5.99. The zero-order valence-electron chi connectivity index (χ0n) is 14.9. The lowest BCUT2D eigenvalue weighted by Crippen LogP contribution is -2.19. The summed E-state index contributed by atoms with van der Waals surface area (Å²) in [7, 11) is -3.72. The van der Waals surface area contributed by atoms with Crippen LogP contribution in [0.4, 0.5) is 11.5 Å². The zero-order valence-corrected chi connectivity index (χ0v) is 17.3. The van der Waals surface area contributed by atoms with Crippen molar-refractivity contribution in [2.45, 2.75) is 18.4 Å². The van der Waals surface area contributed by atoms with E-state index in [0.717, 1.165) is 11.3 Å². The van der Waals surface area contributed by atoms with Gasteiger partial charge in [0, 0.05) is 22.5 Å². The van der Waals surface area contributed by atoms with Gasteiger partial charge in [0.25, 0.3) is 0 Å². The molecule has 3 rings (SSSR count). The molecule has 0 atom stereocenters. The molecule has 0 saturated heterocycles. The van der Waals surface area contributed by atoms with Gasteiger partial charge in [-0.25, -0.2) is 13.6 Å². The smallest absolute Gasteiger partial charge is 0.238 e. The van der Waals surface area contributed by atoms with Crippen LogP contribution < -0.4 is 15.8 Å². The number of anilines is 2. The van der Waals surface area contributed by atoms with Gasteiger partial charge in [-0.3, -0.25) is 4.68 Å². The van der Waals surface area contributed by atoms with Crippen LogP contribution in [0.15, 0.2) is 59.5 Å². The molecular weight excluding hydrogens is 418 g/mol. The SMILES string of the molecule is Cc1cc(NC(=S)Nc2ccc(S(N)(=O)=O)cc2)nn1Cc1ccc(Cl)cc1. The van der Waals surface area contributed by atoms with E-state index in [1.807, 2.05) is 41.9 Å². The van der Waals surface area contributed by atoms with Crippen molar-refractivity contribution < 1.29 is 8.42 Å². The first-order valence-corrected chi connectivity index (χ1v) is 10.5. The third-order valence-electron chi connectivity index (χ3n) is 3.91. The molecular formula is C18H18ClN5O2S2. The third-order valence-corrected chi connectivity index (χ3v) is 5.29. The molecule has 1 heterocycles. The molecule has 146 valence electrons. The van der Waals surface area contributed by atoms with Gasteiger partial charge < -0.3 is 10.6 Å². The van der Waals surface area contributed by atoms with Gasteiger partial charge in [0.2, 0.25) is 10.0 Å². The van der Waals surface area contributed by atoms with Crippen LogP contribution in [0.3, 0.4) is 0 Å². The summed E-state index contributed by atoms with van der Waals surface area (Å²) in [6, 6.07) is 15.5. The lowest BCUT2D eigenvalue weighted by Gasteiger charge is -2.09. The average Bonchev–Trinajstić information content (AvgIpc) is 2.95. The van der Waals surface area contributed by atoms with Gasteiger partial charge in [-0.1, -0.05) is 23.7 Å². The van der Waals surface area contributed by atoms with Crippen LogP contribution in [0.1, 0.15) is 11.3 Å². The molecule has 28 heavy (non-hydrogen) atoms. The largest absolute Gasteiger partial charge is 0.332 e. The molecule has 0 bridgehead atoms. The third kappa shape index (κ3) is 5.29. The predicted octanol–water partition coefficient (Wildman–Crippen LogP) is 3.35. The summed E-state index contributed by atoms with van der Waals surface area (Å²) >= 11 is 11.2. The van der Waals surface area contributed by atoms with Gasteiger partial charge in [-0.05, 0) is 61.1 Å². The molecule has 0 aliphatic rings. The van der Waals surface area contributed by atoms with Crippen LogP contribution in [0.25, 0.3) is 0 Å². The average molecular weight is 436 g/mol. The van der Waals surface area contributed by atoms with Gasteiger partial charge in [0.1, 0.15) is 0 Å². The summed E-state index contributed by atoms with van der Waals surface area (Å²) in [4.78, 5) is 0.0356. The maximum Gasteiger partial charge on any atom is 0.238 e. The van der Waals surface area contributed by atoms with Gasteiger partial charge in [0.15, 0.2) is 10.9 Å². The van der Waals surface area contributed by atoms with E-state index < -0.39 is 10.0 Å². The highest BCUT2D eigenvalue weighted by atomic mass is 35.5. The number of nitrogens with one attached hydrogen (secondary N) is 2. The Morgan fingerprint density at radius 3 is 2.39 bits per heavy atom. The Morgan fingerprint density at radius 2 is 1.79 bits per heavy atom. The number of benzene rings is 2. The van der Waals surface area contributed by atoms with E-state index in [0.29, 0.717) is 28.2 Å². The van der Waals surface area contributed by atoms with Crippen molar-refractivity contribution in [3.63, 3.8) is 0 Å². The Hall–Kier alpha value is -2.46. The summed E-state index contributed by atoms with van der Waals surface area (Å²) in [6.07, 6.45) is 0. The molecule has 0 aliphatic heterocycles. The molecule has 10 heteroatoms. The normalized spacial score (nSPS) is 11.2. The standard InChI is InChI=1S/C18H18ClN5O2S2/c1-12-10-17(23-24(12)11-13-2-4-14(19)5-3-13)22-18(27)21-15-6-8-16(9-7-15)28(20,25)26/h2-10H,11H2,1H3,(H2,20,25,26)(H2,21,22,23,27). The van der Waals surface area contributed by atoms with Gasteiger partial charge in [0.05, 0.1) is 11.4 Å². The molecule has 0 unspecified atom stereocenters. The molecule has 0 radical (unpaired) electrons. The second kappa shape index (κ2) is 8.27. The highest BCUT2D eigenvalue weighted by Gasteiger charge is 2.09. The Labute approximate surface area is 173 Å². The summed E-state index contributed by atoms with van der Waals surface area (Å²) in [5.41, 5.74) is 2.68. The zero-order chi connectivity index (χ0) is 20.3. The van der Waals surface area contributed by atoms with Crippen molar-refractivity contribution in [2.75, 3.05) is 10.6 Å². The van der Waals surface area contributed by atoms with Crippen molar-refractivity contribution in [3.8, 4) is 0 Å². The fourth-order valence-corrected chi connectivity index (χ4v) is 3.36. The minimum atomic E-state index is -3.72. The number of hydrogen-bond acceptors (Lipinski definition) is 4. The quantitative estimate of drug-likeness (QED) is 0.531. The number of rotatable bonds is 5. The molecule has 0 amide bonds. The van der Waals surface area contributed by atoms with E-state index in [-0.39, 0.29) is 4.90 Å². The minimum absolute atomic E-state index is 0.0356. The van der Waals surface area contributed by atoms with Crippen LogP contribution in [0.2, 0.25) is 5.02 Å². The first kappa shape index (κ1) is 20.3. The number of nitrogens with two attached hydrogens (primary N) is 1. The molecule has 7 nitrogen and oxygen atoms in total. The van der Waals surface area contributed by atoms with Crippen molar-refractivity contribution in [1.82, 2.24) is 9.78 Å². The van der Waals surface area contributed by atoms with Crippen molar-refractivity contribution in [1.29, 1.82) is 0 Å². The number of aromatic nitrogens is 2. The second-order valence-corrected chi connectivity index (χ2v) is 8.51. The van der Waals surface area contributed by atoms with Crippen molar-refractivity contribution in [3.05, 3.63) is 70.9 Å². The minimum Gasteiger partial charge on any atom is -0.332 e. The number of hydrogen-bond donors (Lipinski definition) is 3. The molecule has 0 aliphatic carbocycles. The Balaban J connectivity index is 1.63. The summed E-state index contributed by atoms with van der Waals surface area (Å²) in [5.74, 6) is 0.602. The highest BCUT2D eigenvalue weighted by Crippen LogP contribution is 2.16. The molecule has 0 spiro atoms. The monoisotopic (exact) mass is 435 g/mol. The van der Waals surface area contributed by atoms with E-state index in [4.69, 9.17) is 29.0 Å². The highest BCUT2D eigenvalue weighted by molar-refractivity contribution is 7.89. The van der Waals surface area contributed by atoms with E-state index >= 15 is 0 Å². The summed E-state index contributed by atoms with van der Waals surface area (Å²) in [5, 5.41) is 16.6. The van der Waals surface area contributed by atoms with Gasteiger partial charge in [-0.15, -0.1) is 0 Å². The van der Waals surface area contributed by atoms with E-state index in [1.54, 1.807) is 12.1 Å². The van der Waals surface area contributed by atoms with Crippen LogP contribution in [-0.4, -0.2) is 23.3 Å². The van der Waals surface area contributed by atoms with Gasteiger partial charge >= 0.3 is 0 Å². The fraction of sp³-hybridized carbons (Fsp3) is 0.111. The maximum atomic E-state index is 11.3. The number of primary sulfonamides is 1. The summed E-state index contributed by atoms with van der Waals surface area (Å²) < 4.78 is 24.4. The fourth-order valence-electron chi connectivity index (χ4n) is 2.50. The predicted molar refractivity (Wildman–Crippen MR) is 115 cm³/mol. The number of halogens is 1. The molecule has 3 aromatic rings. The van der Waals surface area contributed by atoms with Crippen LogP contribution in [0, 0.1) is 6.92 Å². The second-order valence-electron chi connectivity index (χ2n) is 6.10. The summed E-state index contributed by atoms with van der Waals surface area (Å²) in [6.45, 7) is 2.57. The Bertz CT molecular complexity index is 1090.